The van der Waals surface area contributed by atoms with E-state index in [1.54, 1.807) is 20.4 Å². The minimum Gasteiger partial charge on any atom is -0.497 e. The molecule has 0 bridgehead atoms. The first-order valence-electron chi connectivity index (χ1n) is 9.73. The minimum atomic E-state index is 0. The van der Waals surface area contributed by atoms with Crippen molar-refractivity contribution in [1.82, 2.24) is 15.5 Å². The first kappa shape index (κ1) is 23.5. The molecule has 1 aliphatic heterocycles. The summed E-state index contributed by atoms with van der Waals surface area (Å²) in [6.45, 7) is 4.89. The number of guanidine groups is 1. The number of methoxy groups -OCH3 is 1. The van der Waals surface area contributed by atoms with Gasteiger partial charge in [0, 0.05) is 39.6 Å². The van der Waals surface area contributed by atoms with Crippen LogP contribution in [0.1, 0.15) is 17.4 Å². The maximum atomic E-state index is 5.53. The predicted octanol–water partition coefficient (Wildman–Crippen LogP) is 2.69. The van der Waals surface area contributed by atoms with Gasteiger partial charge in [0.25, 0.3) is 0 Å². The van der Waals surface area contributed by atoms with Crippen LogP contribution < -0.4 is 15.4 Å². The highest BCUT2D eigenvalue weighted by molar-refractivity contribution is 14.0. The molecule has 0 aliphatic carbocycles. The van der Waals surface area contributed by atoms with E-state index in [-0.39, 0.29) is 30.0 Å². The van der Waals surface area contributed by atoms with Gasteiger partial charge in [-0.2, -0.15) is 0 Å². The average molecular weight is 514 g/mol. The van der Waals surface area contributed by atoms with Crippen LogP contribution in [0.15, 0.2) is 52.1 Å². The lowest BCUT2D eigenvalue weighted by Gasteiger charge is -2.35. The highest BCUT2D eigenvalue weighted by atomic mass is 127. The summed E-state index contributed by atoms with van der Waals surface area (Å²) in [6.07, 6.45) is 2.52. The van der Waals surface area contributed by atoms with Crippen LogP contribution in [0.2, 0.25) is 0 Å². The van der Waals surface area contributed by atoms with Gasteiger partial charge in [-0.05, 0) is 29.8 Å². The van der Waals surface area contributed by atoms with Crippen LogP contribution in [-0.4, -0.2) is 64.4 Å². The molecule has 1 unspecified atom stereocenters. The largest absolute Gasteiger partial charge is 0.497 e. The van der Waals surface area contributed by atoms with Crippen molar-refractivity contribution in [1.29, 1.82) is 0 Å². The van der Waals surface area contributed by atoms with Gasteiger partial charge < -0.3 is 24.5 Å². The van der Waals surface area contributed by atoms with Crippen LogP contribution in [0.25, 0.3) is 0 Å². The monoisotopic (exact) mass is 514 g/mol. The Morgan fingerprint density at radius 1 is 1.17 bits per heavy atom. The fraction of sp³-hybridized carbons (Fsp3) is 0.476. The summed E-state index contributed by atoms with van der Waals surface area (Å²) in [5.74, 6) is 2.62. The van der Waals surface area contributed by atoms with E-state index in [2.05, 4.69) is 32.7 Å². The molecule has 1 aromatic heterocycles. The maximum absolute atomic E-state index is 5.53. The average Bonchev–Trinajstić information content (AvgIpc) is 3.27. The normalized spacial score (nSPS) is 16.0. The number of ether oxygens (including phenoxy) is 2. The van der Waals surface area contributed by atoms with Gasteiger partial charge in [-0.3, -0.25) is 9.89 Å². The molecule has 1 atom stereocenters. The van der Waals surface area contributed by atoms with Gasteiger partial charge in [-0.1, -0.05) is 12.1 Å². The van der Waals surface area contributed by atoms with E-state index in [0.29, 0.717) is 0 Å². The van der Waals surface area contributed by atoms with Crippen LogP contribution in [-0.2, 0) is 11.2 Å². The number of benzene rings is 1. The summed E-state index contributed by atoms with van der Waals surface area (Å²) in [5.41, 5.74) is 1.25. The lowest BCUT2D eigenvalue weighted by Crippen LogP contribution is -2.46. The molecule has 1 fully saturated rings. The topological polar surface area (TPSA) is 71.3 Å². The van der Waals surface area contributed by atoms with E-state index in [4.69, 9.17) is 13.9 Å². The number of hydrogen-bond donors (Lipinski definition) is 2. The second kappa shape index (κ2) is 12.7. The van der Waals surface area contributed by atoms with Crippen molar-refractivity contribution >= 4 is 29.9 Å². The molecule has 160 valence electrons. The first-order chi connectivity index (χ1) is 13.8. The predicted molar refractivity (Wildman–Crippen MR) is 125 cm³/mol. The number of nitrogens with one attached hydrogen (secondary N) is 2. The van der Waals surface area contributed by atoms with Crippen LogP contribution in [0.3, 0.4) is 0 Å². The highest BCUT2D eigenvalue weighted by Crippen LogP contribution is 2.23. The molecule has 0 radical (unpaired) electrons. The zero-order valence-corrected chi connectivity index (χ0v) is 19.4. The van der Waals surface area contributed by atoms with Gasteiger partial charge in [0.15, 0.2) is 5.96 Å². The lowest BCUT2D eigenvalue weighted by molar-refractivity contribution is 0.0170. The van der Waals surface area contributed by atoms with E-state index >= 15 is 0 Å². The molecule has 29 heavy (non-hydrogen) atoms. The fourth-order valence-electron chi connectivity index (χ4n) is 3.35. The Balaban J connectivity index is 0.00000300. The van der Waals surface area contributed by atoms with E-state index < -0.39 is 0 Å². The molecule has 2 aromatic rings. The first-order valence-corrected chi connectivity index (χ1v) is 9.73. The van der Waals surface area contributed by atoms with Gasteiger partial charge in [-0.25, -0.2) is 0 Å². The number of nitrogens with zero attached hydrogens (tertiary/aromatic N) is 2. The Bertz CT molecular complexity index is 716. The third kappa shape index (κ3) is 7.20. The van der Waals surface area contributed by atoms with Crippen LogP contribution in [0, 0.1) is 0 Å². The van der Waals surface area contributed by atoms with Gasteiger partial charge in [0.1, 0.15) is 11.5 Å². The summed E-state index contributed by atoms with van der Waals surface area (Å²) in [6, 6.07) is 12.4. The van der Waals surface area contributed by atoms with Crippen molar-refractivity contribution in [3.05, 3.63) is 54.0 Å². The minimum absolute atomic E-state index is 0. The van der Waals surface area contributed by atoms with Gasteiger partial charge in [0.2, 0.25) is 0 Å². The van der Waals surface area contributed by atoms with Gasteiger partial charge >= 0.3 is 0 Å². The van der Waals surface area contributed by atoms with Crippen molar-refractivity contribution in [3.8, 4) is 5.75 Å². The van der Waals surface area contributed by atoms with Crippen LogP contribution >= 0.6 is 24.0 Å². The third-order valence-electron chi connectivity index (χ3n) is 4.92. The number of hydrogen-bond acceptors (Lipinski definition) is 5. The molecular weight excluding hydrogens is 483 g/mol. The third-order valence-corrected chi connectivity index (χ3v) is 4.92. The molecule has 1 saturated heterocycles. The SMILES string of the molecule is CN=C(NCCc1ccco1)NCC(c1ccc(OC)cc1)N1CCOCC1.I. The molecule has 1 aliphatic rings. The maximum Gasteiger partial charge on any atom is 0.191 e. The van der Waals surface area contributed by atoms with Crippen molar-refractivity contribution in [2.75, 3.05) is 53.6 Å². The second-order valence-corrected chi connectivity index (χ2v) is 6.65. The summed E-state index contributed by atoms with van der Waals surface area (Å²) in [4.78, 5) is 6.80. The van der Waals surface area contributed by atoms with E-state index in [1.807, 2.05) is 24.3 Å². The van der Waals surface area contributed by atoms with Crippen molar-refractivity contribution in [2.45, 2.75) is 12.5 Å². The Morgan fingerprint density at radius 3 is 2.55 bits per heavy atom. The number of halogens is 1. The summed E-state index contributed by atoms with van der Waals surface area (Å²) < 4.78 is 16.2. The Kier molecular flexibility index (Phi) is 10.3. The quantitative estimate of drug-likeness (QED) is 0.321. The summed E-state index contributed by atoms with van der Waals surface area (Å²) >= 11 is 0. The zero-order valence-electron chi connectivity index (χ0n) is 17.1. The van der Waals surface area contributed by atoms with Gasteiger partial charge in [0.05, 0.1) is 32.6 Å². The van der Waals surface area contributed by atoms with E-state index in [1.165, 1.54) is 5.56 Å². The molecule has 3 rings (SSSR count). The molecule has 7 nitrogen and oxygen atoms in total. The number of rotatable bonds is 8. The highest BCUT2D eigenvalue weighted by Gasteiger charge is 2.23. The molecule has 0 amide bonds. The second-order valence-electron chi connectivity index (χ2n) is 6.65. The van der Waals surface area contributed by atoms with E-state index in [0.717, 1.165) is 63.3 Å². The van der Waals surface area contributed by atoms with Crippen LogP contribution in [0.5, 0.6) is 5.75 Å². The molecule has 1 aromatic carbocycles. The number of morpholine rings is 1. The molecule has 8 heteroatoms. The Labute approximate surface area is 189 Å². The standard InChI is InChI=1S/C21H30N4O3.HI/c1-22-21(23-10-9-19-4-3-13-28-19)24-16-20(25-11-14-27-15-12-25)17-5-7-18(26-2)8-6-17;/h3-8,13,20H,9-12,14-16H2,1-2H3,(H2,22,23,24);1H. The van der Waals surface area contributed by atoms with Gasteiger partial charge in [-0.15, -0.1) is 24.0 Å². The molecule has 0 saturated carbocycles. The summed E-state index contributed by atoms with van der Waals surface area (Å²) in [7, 11) is 3.48. The van der Waals surface area contributed by atoms with Crippen molar-refractivity contribution in [2.24, 2.45) is 4.99 Å². The number of furan rings is 1. The Morgan fingerprint density at radius 2 is 1.93 bits per heavy atom. The molecule has 0 spiro atoms. The smallest absolute Gasteiger partial charge is 0.191 e. The summed E-state index contributed by atoms with van der Waals surface area (Å²) in [5, 5.41) is 6.82. The van der Waals surface area contributed by atoms with Crippen LogP contribution in [0.4, 0.5) is 0 Å². The van der Waals surface area contributed by atoms with Crippen molar-refractivity contribution < 1.29 is 13.9 Å². The molecule has 2 N–H and O–H groups in total. The Hall–Kier alpha value is -1.78. The van der Waals surface area contributed by atoms with Crippen molar-refractivity contribution in [3.63, 3.8) is 0 Å². The molecule has 2 heterocycles. The zero-order chi connectivity index (χ0) is 19.6. The lowest BCUT2D eigenvalue weighted by atomic mass is 10.0. The fourth-order valence-corrected chi connectivity index (χ4v) is 3.35. The molecular formula is C21H31IN4O3. The number of aliphatic imine (C=N–C) groups is 1. The van der Waals surface area contributed by atoms with E-state index in [9.17, 15) is 0 Å².